The van der Waals surface area contributed by atoms with Crippen LogP contribution in [0.25, 0.3) is 0 Å². The lowest BCUT2D eigenvalue weighted by atomic mass is 9.77. The third-order valence-electron chi connectivity index (χ3n) is 2.84. The van der Waals surface area contributed by atoms with E-state index in [4.69, 9.17) is 0 Å². The van der Waals surface area contributed by atoms with Crippen molar-refractivity contribution < 1.29 is 4.21 Å². The van der Waals surface area contributed by atoms with Crippen LogP contribution in [-0.2, 0) is 10.8 Å². The Kier molecular flexibility index (Phi) is 3.33. The van der Waals surface area contributed by atoms with Gasteiger partial charge in [-0.05, 0) is 30.6 Å². The molecule has 2 atom stereocenters. The molecule has 0 aliphatic carbocycles. The summed E-state index contributed by atoms with van der Waals surface area (Å²) in [5.74, 6) is 2.65. The molecule has 0 amide bonds. The summed E-state index contributed by atoms with van der Waals surface area (Å²) in [5.41, 5.74) is 0.411. The quantitative estimate of drug-likeness (QED) is 0.571. The second kappa shape index (κ2) is 3.91. The first-order valence-corrected chi connectivity index (χ1v) is 6.34. The van der Waals surface area contributed by atoms with Crippen molar-refractivity contribution in [3.05, 3.63) is 0 Å². The maximum atomic E-state index is 11.3. The summed E-state index contributed by atoms with van der Waals surface area (Å²) in [6.07, 6.45) is 3.60. The molecule has 0 saturated carbocycles. The molecular formula is C10H20OS. The highest BCUT2D eigenvalue weighted by atomic mass is 32.2. The van der Waals surface area contributed by atoms with E-state index in [0.29, 0.717) is 5.41 Å². The molecule has 0 aromatic heterocycles. The van der Waals surface area contributed by atoms with E-state index in [9.17, 15) is 4.21 Å². The summed E-state index contributed by atoms with van der Waals surface area (Å²) in [4.78, 5) is 0. The Morgan fingerprint density at radius 2 is 1.83 bits per heavy atom. The Bertz CT molecular complexity index is 169. The van der Waals surface area contributed by atoms with Crippen molar-refractivity contribution in [3.8, 4) is 0 Å². The minimum absolute atomic E-state index is 0.411. The van der Waals surface area contributed by atoms with Crippen LogP contribution in [-0.4, -0.2) is 15.7 Å². The van der Waals surface area contributed by atoms with Crippen molar-refractivity contribution >= 4 is 10.8 Å². The minimum Gasteiger partial charge on any atom is -0.260 e. The van der Waals surface area contributed by atoms with Crippen LogP contribution in [0.3, 0.4) is 0 Å². The highest BCUT2D eigenvalue weighted by Gasteiger charge is 2.26. The maximum Gasteiger partial charge on any atom is 0.0237 e. The minimum atomic E-state index is -0.513. The standard InChI is InChI=1S/C10H20OS/c1-10(2,3)9-5-4-7-12(11)8-6-9/h9H,4-8H2,1-3H3. The van der Waals surface area contributed by atoms with Crippen molar-refractivity contribution in [2.75, 3.05) is 11.5 Å². The molecule has 1 heterocycles. The van der Waals surface area contributed by atoms with Gasteiger partial charge in [0.2, 0.25) is 0 Å². The van der Waals surface area contributed by atoms with Crippen LogP contribution in [0.15, 0.2) is 0 Å². The van der Waals surface area contributed by atoms with Gasteiger partial charge in [0.15, 0.2) is 0 Å². The second-order valence-corrected chi connectivity index (χ2v) is 6.54. The fourth-order valence-corrected chi connectivity index (χ4v) is 3.12. The Morgan fingerprint density at radius 3 is 2.42 bits per heavy atom. The lowest BCUT2D eigenvalue weighted by molar-refractivity contribution is 0.221. The van der Waals surface area contributed by atoms with Crippen LogP contribution in [0.2, 0.25) is 0 Å². The average Bonchev–Trinajstić information content (AvgIpc) is 2.11. The van der Waals surface area contributed by atoms with Gasteiger partial charge in [-0.2, -0.15) is 0 Å². The van der Waals surface area contributed by atoms with Crippen molar-refractivity contribution in [3.63, 3.8) is 0 Å². The summed E-state index contributed by atoms with van der Waals surface area (Å²) in [6, 6.07) is 0. The molecule has 1 rings (SSSR count). The molecule has 1 saturated heterocycles. The molecule has 0 N–H and O–H groups in total. The highest BCUT2D eigenvalue weighted by molar-refractivity contribution is 7.84. The maximum absolute atomic E-state index is 11.3. The molecule has 0 radical (unpaired) electrons. The summed E-state index contributed by atoms with van der Waals surface area (Å²) < 4.78 is 11.3. The Morgan fingerprint density at radius 1 is 1.17 bits per heavy atom. The first-order chi connectivity index (χ1) is 5.50. The molecule has 2 heteroatoms. The van der Waals surface area contributed by atoms with Gasteiger partial charge in [0.25, 0.3) is 0 Å². The molecule has 12 heavy (non-hydrogen) atoms. The SMILES string of the molecule is CC(C)(C)C1CCCS(=O)CC1. The molecule has 0 aromatic carbocycles. The van der Waals surface area contributed by atoms with Gasteiger partial charge in [-0.25, -0.2) is 0 Å². The van der Waals surface area contributed by atoms with E-state index in [1.165, 1.54) is 6.42 Å². The Balaban J connectivity index is 2.52. The van der Waals surface area contributed by atoms with Crippen molar-refractivity contribution in [2.45, 2.75) is 40.0 Å². The molecule has 0 aromatic rings. The molecule has 1 aliphatic rings. The predicted octanol–water partition coefficient (Wildman–Crippen LogP) is 2.58. The third kappa shape index (κ3) is 2.89. The van der Waals surface area contributed by atoms with E-state index < -0.39 is 10.8 Å². The van der Waals surface area contributed by atoms with E-state index in [1.54, 1.807) is 0 Å². The lowest BCUT2D eigenvalue weighted by Crippen LogP contribution is -2.20. The normalized spacial score (nSPS) is 32.9. The highest BCUT2D eigenvalue weighted by Crippen LogP contribution is 2.34. The first-order valence-electron chi connectivity index (χ1n) is 4.85. The van der Waals surface area contributed by atoms with Gasteiger partial charge in [0.1, 0.15) is 0 Å². The van der Waals surface area contributed by atoms with Crippen LogP contribution in [0.1, 0.15) is 40.0 Å². The van der Waals surface area contributed by atoms with Gasteiger partial charge in [-0.1, -0.05) is 20.8 Å². The van der Waals surface area contributed by atoms with Crippen molar-refractivity contribution in [1.29, 1.82) is 0 Å². The summed E-state index contributed by atoms with van der Waals surface area (Å²) in [7, 11) is -0.513. The zero-order valence-corrected chi connectivity index (χ0v) is 9.25. The molecule has 1 nitrogen and oxygen atoms in total. The molecule has 2 unspecified atom stereocenters. The van der Waals surface area contributed by atoms with Gasteiger partial charge < -0.3 is 0 Å². The predicted molar refractivity (Wildman–Crippen MR) is 54.7 cm³/mol. The van der Waals surface area contributed by atoms with E-state index in [1.807, 2.05) is 0 Å². The van der Waals surface area contributed by atoms with E-state index in [-0.39, 0.29) is 0 Å². The smallest absolute Gasteiger partial charge is 0.0237 e. The van der Waals surface area contributed by atoms with Gasteiger partial charge in [-0.15, -0.1) is 0 Å². The van der Waals surface area contributed by atoms with E-state index >= 15 is 0 Å². The fraction of sp³-hybridized carbons (Fsp3) is 1.00. The Labute approximate surface area is 78.4 Å². The Hall–Kier alpha value is 0.150. The molecule has 1 fully saturated rings. The van der Waals surface area contributed by atoms with Gasteiger partial charge in [-0.3, -0.25) is 4.21 Å². The van der Waals surface area contributed by atoms with Crippen LogP contribution >= 0.6 is 0 Å². The zero-order chi connectivity index (χ0) is 9.19. The molecule has 0 bridgehead atoms. The molecule has 1 aliphatic heterocycles. The number of hydrogen-bond acceptors (Lipinski definition) is 1. The molecule has 72 valence electrons. The summed E-state index contributed by atoms with van der Waals surface area (Å²) in [5, 5.41) is 0. The monoisotopic (exact) mass is 188 g/mol. The van der Waals surface area contributed by atoms with E-state index in [2.05, 4.69) is 20.8 Å². The van der Waals surface area contributed by atoms with Crippen LogP contribution in [0.5, 0.6) is 0 Å². The van der Waals surface area contributed by atoms with Gasteiger partial charge in [0, 0.05) is 22.3 Å². The number of rotatable bonds is 0. The largest absolute Gasteiger partial charge is 0.260 e. The van der Waals surface area contributed by atoms with E-state index in [0.717, 1.165) is 30.3 Å². The topological polar surface area (TPSA) is 17.1 Å². The third-order valence-corrected chi connectivity index (χ3v) is 4.28. The second-order valence-electron chi connectivity index (χ2n) is 4.84. The lowest BCUT2D eigenvalue weighted by Gasteiger charge is -2.29. The molecular weight excluding hydrogens is 168 g/mol. The average molecular weight is 188 g/mol. The van der Waals surface area contributed by atoms with Gasteiger partial charge >= 0.3 is 0 Å². The van der Waals surface area contributed by atoms with Crippen molar-refractivity contribution in [1.82, 2.24) is 0 Å². The summed E-state index contributed by atoms with van der Waals surface area (Å²) >= 11 is 0. The van der Waals surface area contributed by atoms with Crippen molar-refractivity contribution in [2.24, 2.45) is 11.3 Å². The van der Waals surface area contributed by atoms with Crippen LogP contribution in [0, 0.1) is 11.3 Å². The first kappa shape index (κ1) is 10.2. The fourth-order valence-electron chi connectivity index (χ4n) is 1.88. The molecule has 0 spiro atoms. The number of hydrogen-bond donors (Lipinski definition) is 0. The zero-order valence-electron chi connectivity index (χ0n) is 8.43. The van der Waals surface area contributed by atoms with Gasteiger partial charge in [0.05, 0.1) is 0 Å². The van der Waals surface area contributed by atoms with Crippen LogP contribution in [0.4, 0.5) is 0 Å². The summed E-state index contributed by atoms with van der Waals surface area (Å²) in [6.45, 7) is 6.89. The van der Waals surface area contributed by atoms with Crippen LogP contribution < -0.4 is 0 Å².